The van der Waals surface area contributed by atoms with Crippen LogP contribution in [-0.4, -0.2) is 31.9 Å². The molecule has 0 bridgehead atoms. The molecule has 1 aromatic carbocycles. The number of hydrogen-bond acceptors (Lipinski definition) is 3. The lowest BCUT2D eigenvalue weighted by Gasteiger charge is -2.23. The summed E-state index contributed by atoms with van der Waals surface area (Å²) in [5.74, 6) is 0.110. The molecule has 8 heteroatoms. The normalized spacial score (nSPS) is 16.4. The number of rotatable bonds is 6. The van der Waals surface area contributed by atoms with Crippen LogP contribution in [0, 0.1) is 0 Å². The van der Waals surface area contributed by atoms with Crippen molar-refractivity contribution in [1.29, 1.82) is 0 Å². The highest BCUT2D eigenvalue weighted by atomic mass is 19.4. The fourth-order valence-electron chi connectivity index (χ4n) is 3.22. The molecule has 1 fully saturated rings. The highest BCUT2D eigenvalue weighted by Gasteiger charge is 2.31. The Morgan fingerprint density at radius 3 is 2.46 bits per heavy atom. The van der Waals surface area contributed by atoms with E-state index < -0.39 is 6.36 Å². The van der Waals surface area contributed by atoms with Crippen LogP contribution in [0.3, 0.4) is 0 Å². The van der Waals surface area contributed by atoms with E-state index in [-0.39, 0.29) is 23.3 Å². The second-order valence-corrected chi connectivity index (χ2v) is 6.22. The summed E-state index contributed by atoms with van der Waals surface area (Å²) in [5.41, 5.74) is 0.272. The van der Waals surface area contributed by atoms with Crippen molar-refractivity contribution in [1.82, 2.24) is 5.32 Å². The van der Waals surface area contributed by atoms with Crippen LogP contribution in [0.5, 0.6) is 5.75 Å². The SMILES string of the molecule is O=C(NC[C@@H](c1ccco1)[NH+]1CCCC1)c1ccc(OC(F)(F)F)cc1. The number of amides is 1. The predicted molar refractivity (Wildman–Crippen MR) is 86.8 cm³/mol. The van der Waals surface area contributed by atoms with Gasteiger partial charge in [-0.3, -0.25) is 4.79 Å². The molecule has 0 unspecified atom stereocenters. The van der Waals surface area contributed by atoms with Crippen LogP contribution in [0.4, 0.5) is 13.2 Å². The number of quaternary nitrogens is 1. The summed E-state index contributed by atoms with van der Waals surface area (Å²) in [6, 6.07) is 8.59. The highest BCUT2D eigenvalue weighted by molar-refractivity contribution is 5.94. The third kappa shape index (κ3) is 4.78. The molecule has 26 heavy (non-hydrogen) atoms. The summed E-state index contributed by atoms with van der Waals surface area (Å²) in [6.45, 7) is 2.43. The van der Waals surface area contributed by atoms with E-state index in [4.69, 9.17) is 4.42 Å². The van der Waals surface area contributed by atoms with Gasteiger partial charge in [0.25, 0.3) is 5.91 Å². The molecule has 1 amide bonds. The van der Waals surface area contributed by atoms with Crippen molar-refractivity contribution in [3.8, 4) is 5.75 Å². The number of hydrogen-bond donors (Lipinski definition) is 2. The molecule has 3 rings (SSSR count). The number of furan rings is 1. The molecule has 2 heterocycles. The first-order valence-electron chi connectivity index (χ1n) is 8.44. The smallest absolute Gasteiger partial charge is 0.463 e. The van der Waals surface area contributed by atoms with Crippen LogP contribution in [0.2, 0.25) is 0 Å². The molecular weight excluding hydrogens is 349 g/mol. The highest BCUT2D eigenvalue weighted by Crippen LogP contribution is 2.22. The molecule has 1 saturated heterocycles. The largest absolute Gasteiger partial charge is 0.573 e. The fraction of sp³-hybridized carbons (Fsp3) is 0.389. The molecule has 0 saturated carbocycles. The summed E-state index contributed by atoms with van der Waals surface area (Å²) in [6.07, 6.45) is -0.861. The van der Waals surface area contributed by atoms with Gasteiger partial charge < -0.3 is 19.4 Å². The van der Waals surface area contributed by atoms with Gasteiger partial charge in [0.15, 0.2) is 11.8 Å². The lowest BCUT2D eigenvalue weighted by atomic mass is 10.1. The second kappa shape index (κ2) is 7.82. The Morgan fingerprint density at radius 2 is 1.88 bits per heavy atom. The summed E-state index contributed by atoms with van der Waals surface area (Å²) >= 11 is 0. The molecule has 2 aromatic rings. The van der Waals surface area contributed by atoms with Gasteiger partial charge in [-0.25, -0.2) is 0 Å². The van der Waals surface area contributed by atoms with Crippen LogP contribution < -0.4 is 15.0 Å². The van der Waals surface area contributed by atoms with Gasteiger partial charge in [-0.2, -0.15) is 0 Å². The van der Waals surface area contributed by atoms with Gasteiger partial charge in [0.2, 0.25) is 0 Å². The van der Waals surface area contributed by atoms with Crippen molar-refractivity contribution < 1.29 is 32.0 Å². The van der Waals surface area contributed by atoms with E-state index in [0.717, 1.165) is 43.8 Å². The van der Waals surface area contributed by atoms with Crippen LogP contribution in [0.25, 0.3) is 0 Å². The number of alkyl halides is 3. The summed E-state index contributed by atoms with van der Waals surface area (Å²) < 4.78 is 45.9. The molecule has 0 radical (unpaired) electrons. The van der Waals surface area contributed by atoms with Gasteiger partial charge in [-0.1, -0.05) is 0 Å². The van der Waals surface area contributed by atoms with Crippen LogP contribution in [0.15, 0.2) is 47.1 Å². The van der Waals surface area contributed by atoms with E-state index in [1.54, 1.807) is 6.26 Å². The number of halogens is 3. The van der Waals surface area contributed by atoms with Gasteiger partial charge in [0.1, 0.15) is 5.75 Å². The minimum Gasteiger partial charge on any atom is -0.463 e. The topological polar surface area (TPSA) is 55.9 Å². The number of benzene rings is 1. The van der Waals surface area contributed by atoms with E-state index in [2.05, 4.69) is 10.1 Å². The lowest BCUT2D eigenvalue weighted by Crippen LogP contribution is -3.11. The summed E-state index contributed by atoms with van der Waals surface area (Å²) in [5, 5.41) is 2.85. The number of nitrogens with one attached hydrogen (secondary N) is 2. The van der Waals surface area contributed by atoms with E-state index in [1.807, 2.05) is 12.1 Å². The molecule has 0 aliphatic carbocycles. The molecule has 140 valence electrons. The quantitative estimate of drug-likeness (QED) is 0.822. The van der Waals surface area contributed by atoms with Crippen molar-refractivity contribution in [3.05, 3.63) is 54.0 Å². The third-order valence-corrected chi connectivity index (χ3v) is 4.44. The minimum absolute atomic E-state index is 0.0179. The number of carbonyl (C=O) groups is 1. The maximum Gasteiger partial charge on any atom is 0.573 e. The number of ether oxygens (including phenoxy) is 1. The Labute approximate surface area is 148 Å². The average molecular weight is 369 g/mol. The van der Waals surface area contributed by atoms with Crippen LogP contribution in [-0.2, 0) is 0 Å². The number of carbonyl (C=O) groups excluding carboxylic acids is 1. The van der Waals surface area contributed by atoms with Crippen LogP contribution in [0.1, 0.15) is 35.0 Å². The summed E-state index contributed by atoms with van der Waals surface area (Å²) in [4.78, 5) is 13.7. The van der Waals surface area contributed by atoms with Crippen molar-refractivity contribution in [2.75, 3.05) is 19.6 Å². The van der Waals surface area contributed by atoms with Crippen molar-refractivity contribution >= 4 is 5.91 Å². The Morgan fingerprint density at radius 1 is 1.19 bits per heavy atom. The molecule has 1 atom stereocenters. The Balaban J connectivity index is 1.61. The Bertz CT molecular complexity index is 708. The lowest BCUT2D eigenvalue weighted by molar-refractivity contribution is -0.919. The monoisotopic (exact) mass is 369 g/mol. The zero-order valence-electron chi connectivity index (χ0n) is 14.0. The standard InChI is InChI=1S/C18H19F3N2O3/c19-18(20,21)26-14-7-5-13(6-8-14)17(24)22-12-15(16-4-3-11-25-16)23-9-1-2-10-23/h3-8,11,15H,1-2,9-10,12H2,(H,22,24)/p+1/t15-/m0/s1. The van der Waals surface area contributed by atoms with Crippen molar-refractivity contribution in [2.24, 2.45) is 0 Å². The average Bonchev–Trinajstić information content (AvgIpc) is 3.28. The van der Waals surface area contributed by atoms with Crippen molar-refractivity contribution in [3.63, 3.8) is 0 Å². The molecule has 5 nitrogen and oxygen atoms in total. The van der Waals surface area contributed by atoms with E-state index in [0.29, 0.717) is 6.54 Å². The first kappa shape index (κ1) is 18.3. The van der Waals surface area contributed by atoms with Gasteiger partial charge in [-0.15, -0.1) is 13.2 Å². The molecular formula is C18H20F3N2O3+. The van der Waals surface area contributed by atoms with Gasteiger partial charge in [-0.05, 0) is 36.4 Å². The first-order valence-corrected chi connectivity index (χ1v) is 8.44. The first-order chi connectivity index (χ1) is 12.4. The van der Waals surface area contributed by atoms with Gasteiger partial charge in [0.05, 0.1) is 25.9 Å². The zero-order valence-corrected chi connectivity index (χ0v) is 14.0. The molecule has 0 spiro atoms. The van der Waals surface area contributed by atoms with E-state index in [1.165, 1.54) is 17.0 Å². The third-order valence-electron chi connectivity index (χ3n) is 4.44. The molecule has 2 N–H and O–H groups in total. The van der Waals surface area contributed by atoms with E-state index >= 15 is 0 Å². The molecule has 1 aromatic heterocycles. The van der Waals surface area contributed by atoms with Gasteiger partial charge in [0, 0.05) is 18.4 Å². The molecule has 1 aliphatic heterocycles. The Kier molecular flexibility index (Phi) is 5.51. The predicted octanol–water partition coefficient (Wildman–Crippen LogP) is 2.33. The summed E-state index contributed by atoms with van der Waals surface area (Å²) in [7, 11) is 0. The fourth-order valence-corrected chi connectivity index (χ4v) is 3.22. The number of likely N-dealkylation sites (tertiary alicyclic amines) is 1. The van der Waals surface area contributed by atoms with Crippen molar-refractivity contribution in [2.45, 2.75) is 25.2 Å². The zero-order chi connectivity index (χ0) is 18.6. The minimum atomic E-state index is -4.75. The Hall–Kier alpha value is -2.48. The maximum atomic E-state index is 12.3. The second-order valence-electron chi connectivity index (χ2n) is 6.22. The molecule has 1 aliphatic rings. The van der Waals surface area contributed by atoms with E-state index in [9.17, 15) is 18.0 Å². The maximum absolute atomic E-state index is 12.3. The van der Waals surface area contributed by atoms with Crippen LogP contribution >= 0.6 is 0 Å². The van der Waals surface area contributed by atoms with Gasteiger partial charge >= 0.3 is 6.36 Å².